The Balaban J connectivity index is 1.43. The van der Waals surface area contributed by atoms with Gasteiger partial charge in [-0.1, -0.05) is 6.92 Å². The molecule has 0 saturated heterocycles. The molecule has 0 unspecified atom stereocenters. The number of carbonyl (C=O) groups is 1. The zero-order chi connectivity index (χ0) is 23.6. The number of nitrogens with one attached hydrogen (secondary N) is 1. The van der Waals surface area contributed by atoms with Crippen LogP contribution in [0.25, 0.3) is 22.1 Å². The Morgan fingerprint density at radius 1 is 1.21 bits per heavy atom. The lowest BCUT2D eigenvalue weighted by Gasteiger charge is -2.22. The predicted molar refractivity (Wildman–Crippen MR) is 136 cm³/mol. The summed E-state index contributed by atoms with van der Waals surface area (Å²) in [6.07, 6.45) is 7.78. The first-order valence-corrected chi connectivity index (χ1v) is 13.2. The van der Waals surface area contributed by atoms with Gasteiger partial charge in [0.1, 0.15) is 11.2 Å². The van der Waals surface area contributed by atoms with Gasteiger partial charge in [0.05, 0.1) is 24.0 Å². The fourth-order valence-corrected chi connectivity index (χ4v) is 6.02. The summed E-state index contributed by atoms with van der Waals surface area (Å²) in [5, 5.41) is 5.32. The Bertz CT molecular complexity index is 1390. The summed E-state index contributed by atoms with van der Waals surface area (Å²) >= 11 is 1.64. The standard InChI is InChI=1S/C25H31N7OS/c1-5-19-14(3)34-25(27-19)29-23-21-22(30(4)13-26-21)18-11-17(31(6-2)24(18)28-23)12-20(33)32(15-7-8-15)16-9-10-16/h11,13,15-16H,5-10,12H2,1-4H3,(H,27,28,29). The quantitative estimate of drug-likeness (QED) is 0.398. The van der Waals surface area contributed by atoms with E-state index in [-0.39, 0.29) is 5.91 Å². The van der Waals surface area contributed by atoms with Crippen molar-refractivity contribution in [1.82, 2.24) is 29.0 Å². The molecule has 0 atom stereocenters. The number of imidazole rings is 1. The smallest absolute Gasteiger partial charge is 0.229 e. The van der Waals surface area contributed by atoms with Gasteiger partial charge in [-0.15, -0.1) is 11.3 Å². The molecule has 2 aliphatic rings. The summed E-state index contributed by atoms with van der Waals surface area (Å²) in [7, 11) is 2.01. The van der Waals surface area contributed by atoms with Crippen molar-refractivity contribution in [3.63, 3.8) is 0 Å². The van der Waals surface area contributed by atoms with E-state index in [9.17, 15) is 4.79 Å². The molecule has 0 aliphatic heterocycles. The summed E-state index contributed by atoms with van der Waals surface area (Å²) in [6, 6.07) is 3.08. The molecule has 2 saturated carbocycles. The third kappa shape index (κ3) is 3.57. The summed E-state index contributed by atoms with van der Waals surface area (Å²) in [4.78, 5) is 31.2. The van der Waals surface area contributed by atoms with Crippen LogP contribution in [0.1, 0.15) is 55.8 Å². The van der Waals surface area contributed by atoms with Gasteiger partial charge in [-0.05, 0) is 52.0 Å². The van der Waals surface area contributed by atoms with Crippen molar-refractivity contribution >= 4 is 50.3 Å². The third-order valence-corrected chi connectivity index (χ3v) is 7.99. The van der Waals surface area contributed by atoms with E-state index in [0.717, 1.165) is 77.2 Å². The Morgan fingerprint density at radius 3 is 2.56 bits per heavy atom. The van der Waals surface area contributed by atoms with E-state index in [4.69, 9.17) is 9.97 Å². The Kier molecular flexibility index (Phi) is 5.13. The minimum atomic E-state index is 0.257. The number of hydrogen-bond donors (Lipinski definition) is 1. The highest BCUT2D eigenvalue weighted by Gasteiger charge is 2.42. The number of aryl methyl sites for hydroxylation is 4. The molecule has 4 aromatic rings. The normalized spacial score (nSPS) is 16.0. The number of carbonyl (C=O) groups excluding carboxylic acids is 1. The van der Waals surface area contributed by atoms with E-state index in [1.807, 2.05) is 17.9 Å². The van der Waals surface area contributed by atoms with Crippen molar-refractivity contribution in [3.8, 4) is 0 Å². The van der Waals surface area contributed by atoms with Crippen molar-refractivity contribution in [2.45, 2.75) is 77.9 Å². The molecule has 0 bridgehead atoms. The van der Waals surface area contributed by atoms with Crippen LogP contribution < -0.4 is 5.32 Å². The lowest BCUT2D eigenvalue weighted by Crippen LogP contribution is -2.36. The molecule has 4 aromatic heterocycles. The maximum absolute atomic E-state index is 13.3. The first kappa shape index (κ1) is 21.6. The maximum Gasteiger partial charge on any atom is 0.229 e. The summed E-state index contributed by atoms with van der Waals surface area (Å²) in [5.41, 5.74) is 4.87. The molecule has 6 rings (SSSR count). The molecular formula is C25H31N7OS. The average molecular weight is 478 g/mol. The molecule has 0 radical (unpaired) electrons. The first-order valence-electron chi connectivity index (χ1n) is 12.4. The van der Waals surface area contributed by atoms with E-state index in [2.05, 4.69) is 46.6 Å². The summed E-state index contributed by atoms with van der Waals surface area (Å²) in [5.74, 6) is 0.968. The van der Waals surface area contributed by atoms with Crippen LogP contribution in [0.3, 0.4) is 0 Å². The number of hydrogen-bond acceptors (Lipinski definition) is 6. The van der Waals surface area contributed by atoms with Gasteiger partial charge in [-0.2, -0.15) is 0 Å². The SMILES string of the molecule is CCc1nc(Nc2nc3c(cc(CC(=O)N(C4CC4)C4CC4)n3CC)c3c2ncn3C)sc1C. The Labute approximate surface area is 203 Å². The van der Waals surface area contributed by atoms with Gasteiger partial charge in [0.2, 0.25) is 5.91 Å². The second-order valence-corrected chi connectivity index (χ2v) is 10.8. The van der Waals surface area contributed by atoms with Gasteiger partial charge >= 0.3 is 0 Å². The monoisotopic (exact) mass is 477 g/mol. The van der Waals surface area contributed by atoms with Crippen LogP contribution in [0.5, 0.6) is 0 Å². The van der Waals surface area contributed by atoms with E-state index in [0.29, 0.717) is 24.3 Å². The number of amides is 1. The maximum atomic E-state index is 13.3. The molecule has 1 N–H and O–H groups in total. The molecule has 34 heavy (non-hydrogen) atoms. The number of fused-ring (bicyclic) bond motifs is 3. The largest absolute Gasteiger partial charge is 0.336 e. The number of nitrogens with zero attached hydrogens (tertiary/aromatic N) is 6. The molecule has 4 heterocycles. The van der Waals surface area contributed by atoms with Crippen LogP contribution in [-0.4, -0.2) is 47.0 Å². The lowest BCUT2D eigenvalue weighted by atomic mass is 10.2. The Hall–Kier alpha value is -2.94. The zero-order valence-corrected chi connectivity index (χ0v) is 21.1. The number of anilines is 2. The topological polar surface area (TPSA) is 80.9 Å². The number of rotatable bonds is 8. The fourth-order valence-electron chi connectivity index (χ4n) is 5.12. The fraction of sp³-hybridized carbons (Fsp3) is 0.520. The van der Waals surface area contributed by atoms with Gasteiger partial charge in [0, 0.05) is 41.6 Å². The van der Waals surface area contributed by atoms with E-state index < -0.39 is 0 Å². The van der Waals surface area contributed by atoms with Gasteiger partial charge in [-0.3, -0.25) is 4.79 Å². The number of aromatic nitrogens is 5. The molecule has 8 nitrogen and oxygen atoms in total. The van der Waals surface area contributed by atoms with Crippen LogP contribution >= 0.6 is 11.3 Å². The second-order valence-electron chi connectivity index (χ2n) is 9.57. The van der Waals surface area contributed by atoms with Crippen molar-refractivity contribution < 1.29 is 4.79 Å². The number of pyridine rings is 1. The molecule has 2 aliphatic carbocycles. The molecule has 0 aromatic carbocycles. The average Bonchev–Trinajstić information content (AvgIpc) is 3.72. The van der Waals surface area contributed by atoms with Crippen LogP contribution in [0, 0.1) is 6.92 Å². The van der Waals surface area contributed by atoms with Gasteiger partial charge in [0.15, 0.2) is 10.9 Å². The van der Waals surface area contributed by atoms with E-state index in [1.165, 1.54) is 4.88 Å². The molecule has 9 heteroatoms. The van der Waals surface area contributed by atoms with Gasteiger partial charge < -0.3 is 19.4 Å². The van der Waals surface area contributed by atoms with Crippen molar-refractivity contribution in [2.24, 2.45) is 7.05 Å². The minimum absolute atomic E-state index is 0.257. The highest BCUT2D eigenvalue weighted by atomic mass is 32.1. The lowest BCUT2D eigenvalue weighted by molar-refractivity contribution is -0.131. The van der Waals surface area contributed by atoms with E-state index in [1.54, 1.807) is 11.3 Å². The highest BCUT2D eigenvalue weighted by Crippen LogP contribution is 2.38. The molecule has 1 amide bonds. The van der Waals surface area contributed by atoms with Crippen LogP contribution in [0.15, 0.2) is 12.4 Å². The van der Waals surface area contributed by atoms with Crippen molar-refractivity contribution in [1.29, 1.82) is 0 Å². The van der Waals surface area contributed by atoms with Crippen LogP contribution in [-0.2, 0) is 31.2 Å². The van der Waals surface area contributed by atoms with E-state index >= 15 is 0 Å². The second kappa shape index (κ2) is 8.08. The highest BCUT2D eigenvalue weighted by molar-refractivity contribution is 7.15. The van der Waals surface area contributed by atoms with Gasteiger partial charge in [0.25, 0.3) is 0 Å². The van der Waals surface area contributed by atoms with Crippen LogP contribution in [0.2, 0.25) is 0 Å². The molecule has 178 valence electrons. The van der Waals surface area contributed by atoms with Gasteiger partial charge in [-0.25, -0.2) is 15.0 Å². The summed E-state index contributed by atoms with van der Waals surface area (Å²) in [6.45, 7) is 7.10. The Morgan fingerprint density at radius 2 is 1.94 bits per heavy atom. The van der Waals surface area contributed by atoms with Crippen molar-refractivity contribution in [3.05, 3.63) is 28.7 Å². The van der Waals surface area contributed by atoms with Crippen molar-refractivity contribution in [2.75, 3.05) is 5.32 Å². The zero-order valence-electron chi connectivity index (χ0n) is 20.3. The molecule has 0 spiro atoms. The third-order valence-electron chi connectivity index (χ3n) is 7.06. The molecular weight excluding hydrogens is 446 g/mol. The minimum Gasteiger partial charge on any atom is -0.336 e. The number of thiazole rings is 1. The predicted octanol–water partition coefficient (Wildman–Crippen LogP) is 4.71. The first-order chi connectivity index (χ1) is 16.5. The molecule has 2 fully saturated rings. The summed E-state index contributed by atoms with van der Waals surface area (Å²) < 4.78 is 4.23. The van der Waals surface area contributed by atoms with Crippen LogP contribution in [0.4, 0.5) is 10.9 Å².